The van der Waals surface area contributed by atoms with Crippen LogP contribution in [0, 0.1) is 6.92 Å². The number of nitrogens with zero attached hydrogens (tertiary/aromatic N) is 5. The van der Waals surface area contributed by atoms with Gasteiger partial charge in [-0.05, 0) is 25.5 Å². The van der Waals surface area contributed by atoms with Crippen molar-refractivity contribution in [2.75, 3.05) is 25.1 Å². The molecule has 4 rings (SSSR count). The number of hydrogen-bond donors (Lipinski definition) is 1. The van der Waals surface area contributed by atoms with Gasteiger partial charge < -0.3 is 14.6 Å². The highest BCUT2D eigenvalue weighted by Gasteiger charge is 2.27. The standard InChI is InChI=1S/C16H22N6O/c1-12-2-3-15(20-19-12)17-8-13-9-22-6-5-21(10-16(22)18-13)14-4-7-23-11-14/h2-3,9,14H,4-8,10-11H2,1H3,(H,17,20)/t14-/m0/s1. The molecule has 1 fully saturated rings. The quantitative estimate of drug-likeness (QED) is 0.914. The molecule has 23 heavy (non-hydrogen) atoms. The Morgan fingerprint density at radius 1 is 1.30 bits per heavy atom. The largest absolute Gasteiger partial charge is 0.380 e. The summed E-state index contributed by atoms with van der Waals surface area (Å²) in [6.07, 6.45) is 3.29. The number of aryl methyl sites for hydroxylation is 1. The van der Waals surface area contributed by atoms with E-state index in [2.05, 4.69) is 31.2 Å². The molecule has 7 nitrogen and oxygen atoms in total. The molecule has 1 atom stereocenters. The van der Waals surface area contributed by atoms with Gasteiger partial charge in [-0.3, -0.25) is 4.90 Å². The minimum absolute atomic E-state index is 0.560. The smallest absolute Gasteiger partial charge is 0.148 e. The van der Waals surface area contributed by atoms with Crippen LogP contribution in [0.15, 0.2) is 18.3 Å². The summed E-state index contributed by atoms with van der Waals surface area (Å²) in [5.41, 5.74) is 1.97. The summed E-state index contributed by atoms with van der Waals surface area (Å²) < 4.78 is 7.78. The fourth-order valence-electron chi connectivity index (χ4n) is 3.21. The summed E-state index contributed by atoms with van der Waals surface area (Å²) in [5.74, 6) is 1.93. The SMILES string of the molecule is Cc1ccc(NCc2cn3c(n2)CN([C@H]2CCOC2)CC3)nn1. The molecule has 1 N–H and O–H groups in total. The first kappa shape index (κ1) is 14.6. The Morgan fingerprint density at radius 3 is 3.04 bits per heavy atom. The minimum Gasteiger partial charge on any atom is -0.380 e. The van der Waals surface area contributed by atoms with Gasteiger partial charge in [0.15, 0.2) is 0 Å². The van der Waals surface area contributed by atoms with Gasteiger partial charge in [0.25, 0.3) is 0 Å². The van der Waals surface area contributed by atoms with Gasteiger partial charge in [-0.25, -0.2) is 4.98 Å². The van der Waals surface area contributed by atoms with Gasteiger partial charge in [0.2, 0.25) is 0 Å². The lowest BCUT2D eigenvalue weighted by Crippen LogP contribution is -2.41. The summed E-state index contributed by atoms with van der Waals surface area (Å²) >= 11 is 0. The van der Waals surface area contributed by atoms with Crippen molar-refractivity contribution >= 4 is 5.82 Å². The molecule has 0 aliphatic carbocycles. The normalized spacial score (nSPS) is 21.3. The third kappa shape index (κ3) is 3.20. The zero-order chi connectivity index (χ0) is 15.6. The second kappa shape index (κ2) is 6.25. The molecule has 1 saturated heterocycles. The lowest BCUT2D eigenvalue weighted by molar-refractivity contribution is 0.121. The van der Waals surface area contributed by atoms with E-state index in [1.165, 1.54) is 0 Å². The van der Waals surface area contributed by atoms with E-state index in [-0.39, 0.29) is 0 Å². The van der Waals surface area contributed by atoms with Crippen LogP contribution in [0.4, 0.5) is 5.82 Å². The van der Waals surface area contributed by atoms with Crippen molar-refractivity contribution in [3.8, 4) is 0 Å². The van der Waals surface area contributed by atoms with Gasteiger partial charge in [0.1, 0.15) is 11.6 Å². The Labute approximate surface area is 135 Å². The van der Waals surface area contributed by atoms with Crippen molar-refractivity contribution in [3.05, 3.63) is 35.5 Å². The molecule has 122 valence electrons. The first-order valence-corrected chi connectivity index (χ1v) is 8.19. The van der Waals surface area contributed by atoms with Gasteiger partial charge in [-0.15, -0.1) is 5.10 Å². The molecule has 2 aromatic rings. The first-order chi connectivity index (χ1) is 11.3. The van der Waals surface area contributed by atoms with E-state index in [0.29, 0.717) is 12.6 Å². The first-order valence-electron chi connectivity index (χ1n) is 8.19. The predicted octanol–water partition coefficient (Wildman–Crippen LogP) is 1.20. The predicted molar refractivity (Wildman–Crippen MR) is 86.0 cm³/mol. The molecule has 0 aromatic carbocycles. The summed E-state index contributed by atoms with van der Waals surface area (Å²) in [6.45, 7) is 7.35. The lowest BCUT2D eigenvalue weighted by Gasteiger charge is -2.31. The van der Waals surface area contributed by atoms with Gasteiger partial charge in [-0.2, -0.15) is 5.10 Å². The highest BCUT2D eigenvalue weighted by atomic mass is 16.5. The number of fused-ring (bicyclic) bond motifs is 1. The summed E-state index contributed by atoms with van der Waals surface area (Å²) in [6, 6.07) is 4.46. The van der Waals surface area contributed by atoms with Crippen molar-refractivity contribution in [2.45, 2.75) is 39.0 Å². The molecule has 4 heterocycles. The van der Waals surface area contributed by atoms with Crippen molar-refractivity contribution in [3.63, 3.8) is 0 Å². The molecule has 0 amide bonds. The molecular formula is C16H22N6O. The number of anilines is 1. The molecular weight excluding hydrogens is 292 g/mol. The number of hydrogen-bond acceptors (Lipinski definition) is 6. The monoisotopic (exact) mass is 314 g/mol. The van der Waals surface area contributed by atoms with Crippen LogP contribution in [0.1, 0.15) is 23.6 Å². The van der Waals surface area contributed by atoms with Crippen LogP contribution in [0.3, 0.4) is 0 Å². The maximum atomic E-state index is 5.51. The van der Waals surface area contributed by atoms with Crippen LogP contribution in [-0.4, -0.2) is 50.4 Å². The Balaban J connectivity index is 1.39. The zero-order valence-corrected chi connectivity index (χ0v) is 13.4. The summed E-state index contributed by atoms with van der Waals surface area (Å²) in [4.78, 5) is 7.27. The Hall–Kier alpha value is -1.99. The number of aromatic nitrogens is 4. The minimum atomic E-state index is 0.560. The van der Waals surface area contributed by atoms with Gasteiger partial charge in [-0.1, -0.05) is 0 Å². The van der Waals surface area contributed by atoms with Crippen LogP contribution in [0.2, 0.25) is 0 Å². The average molecular weight is 314 g/mol. The summed E-state index contributed by atoms with van der Waals surface area (Å²) in [7, 11) is 0. The number of imidazole rings is 1. The van der Waals surface area contributed by atoms with E-state index in [1.807, 2.05) is 19.1 Å². The maximum Gasteiger partial charge on any atom is 0.148 e. The Bertz CT molecular complexity index is 662. The van der Waals surface area contributed by atoms with E-state index < -0.39 is 0 Å². The van der Waals surface area contributed by atoms with Crippen molar-refractivity contribution in [1.82, 2.24) is 24.6 Å². The van der Waals surface area contributed by atoms with Crippen molar-refractivity contribution < 1.29 is 4.74 Å². The fraction of sp³-hybridized carbons (Fsp3) is 0.562. The van der Waals surface area contributed by atoms with Crippen LogP contribution < -0.4 is 5.32 Å². The van der Waals surface area contributed by atoms with Gasteiger partial charge in [0, 0.05) is 31.9 Å². The van der Waals surface area contributed by atoms with Crippen molar-refractivity contribution in [1.29, 1.82) is 0 Å². The van der Waals surface area contributed by atoms with Gasteiger partial charge in [0.05, 0.1) is 31.1 Å². The molecule has 0 saturated carbocycles. The topological polar surface area (TPSA) is 68.1 Å². The maximum absolute atomic E-state index is 5.51. The number of ether oxygens (including phenoxy) is 1. The Kier molecular flexibility index (Phi) is 3.97. The third-order valence-electron chi connectivity index (χ3n) is 4.55. The molecule has 0 unspecified atom stereocenters. The molecule has 2 aliphatic heterocycles. The molecule has 2 aromatic heterocycles. The Morgan fingerprint density at radius 2 is 2.26 bits per heavy atom. The number of rotatable bonds is 4. The highest BCUT2D eigenvalue weighted by molar-refractivity contribution is 5.33. The fourth-order valence-corrected chi connectivity index (χ4v) is 3.21. The molecule has 0 bridgehead atoms. The summed E-state index contributed by atoms with van der Waals surface area (Å²) in [5, 5.41) is 11.5. The molecule has 2 aliphatic rings. The van der Waals surface area contributed by atoms with E-state index in [1.54, 1.807) is 0 Å². The molecule has 0 radical (unpaired) electrons. The van der Waals surface area contributed by atoms with Crippen molar-refractivity contribution in [2.24, 2.45) is 0 Å². The second-order valence-electron chi connectivity index (χ2n) is 6.24. The van der Waals surface area contributed by atoms with E-state index >= 15 is 0 Å². The van der Waals surface area contributed by atoms with Crippen LogP contribution >= 0.6 is 0 Å². The van der Waals surface area contributed by atoms with Crippen LogP contribution in [-0.2, 0) is 24.4 Å². The lowest BCUT2D eigenvalue weighted by atomic mass is 10.2. The van der Waals surface area contributed by atoms with E-state index in [0.717, 1.165) is 62.3 Å². The van der Waals surface area contributed by atoms with Gasteiger partial charge >= 0.3 is 0 Å². The zero-order valence-electron chi connectivity index (χ0n) is 13.4. The molecule has 0 spiro atoms. The molecule has 7 heteroatoms. The number of nitrogens with one attached hydrogen (secondary N) is 1. The van der Waals surface area contributed by atoms with E-state index in [4.69, 9.17) is 9.72 Å². The van der Waals surface area contributed by atoms with Crippen LogP contribution in [0.5, 0.6) is 0 Å². The second-order valence-corrected chi connectivity index (χ2v) is 6.24. The van der Waals surface area contributed by atoms with E-state index in [9.17, 15) is 0 Å². The average Bonchev–Trinajstić information content (AvgIpc) is 3.23. The highest BCUT2D eigenvalue weighted by Crippen LogP contribution is 2.20. The van der Waals surface area contributed by atoms with Crippen LogP contribution in [0.25, 0.3) is 0 Å². The third-order valence-corrected chi connectivity index (χ3v) is 4.55.